The number of ether oxygens (including phenoxy) is 5. The number of benzene rings is 3. The van der Waals surface area contributed by atoms with Crippen LogP contribution in [0.25, 0.3) is 17.0 Å². The van der Waals surface area contributed by atoms with Crippen LogP contribution in [0.5, 0.6) is 34.5 Å². The summed E-state index contributed by atoms with van der Waals surface area (Å²) >= 11 is 0. The summed E-state index contributed by atoms with van der Waals surface area (Å²) in [6.07, 6.45) is 4.07. The van der Waals surface area contributed by atoms with Gasteiger partial charge in [0.05, 0.1) is 26.7 Å². The number of methoxy groups -OCH3 is 3. The predicted octanol–water partition coefficient (Wildman–Crippen LogP) is 5.85. The first-order valence-electron chi connectivity index (χ1n) is 11.3. The van der Waals surface area contributed by atoms with Gasteiger partial charge >= 0.3 is 5.97 Å². The average Bonchev–Trinajstić information content (AvgIpc) is 2.87. The molecule has 4 rings (SSSR count). The second-order valence-corrected chi connectivity index (χ2v) is 8.23. The highest BCUT2D eigenvalue weighted by molar-refractivity contribution is 5.89. The summed E-state index contributed by atoms with van der Waals surface area (Å²) in [5.41, 5.74) is 2.61. The van der Waals surface area contributed by atoms with Crippen molar-refractivity contribution >= 4 is 23.0 Å². The topological polar surface area (TPSA) is 93.4 Å². The third-order valence-electron chi connectivity index (χ3n) is 5.45. The molecule has 0 atom stereocenters. The molecule has 0 fully saturated rings. The summed E-state index contributed by atoms with van der Waals surface area (Å²) in [5.74, 6) is 1.58. The summed E-state index contributed by atoms with van der Waals surface area (Å²) in [6.45, 7) is 3.90. The lowest BCUT2D eigenvalue weighted by atomic mass is 10.1. The van der Waals surface area contributed by atoms with E-state index in [1.807, 2.05) is 32.0 Å². The van der Waals surface area contributed by atoms with Crippen LogP contribution in [0.15, 0.2) is 70.1 Å². The van der Waals surface area contributed by atoms with Gasteiger partial charge in [0.2, 0.25) is 16.9 Å². The molecule has 0 saturated heterocycles. The van der Waals surface area contributed by atoms with Crippen molar-refractivity contribution in [1.82, 2.24) is 0 Å². The van der Waals surface area contributed by atoms with Crippen LogP contribution >= 0.6 is 0 Å². The smallest absolute Gasteiger partial charge is 0.336 e. The normalized spacial score (nSPS) is 10.9. The van der Waals surface area contributed by atoms with Crippen molar-refractivity contribution in [3.05, 3.63) is 87.8 Å². The number of esters is 1. The van der Waals surface area contributed by atoms with Crippen molar-refractivity contribution in [2.45, 2.75) is 13.8 Å². The lowest BCUT2D eigenvalue weighted by Gasteiger charge is -2.12. The summed E-state index contributed by atoms with van der Waals surface area (Å²) in [5, 5.41) is 0.301. The fourth-order valence-corrected chi connectivity index (χ4v) is 3.86. The van der Waals surface area contributed by atoms with Crippen LogP contribution < -0.4 is 29.1 Å². The predicted molar refractivity (Wildman–Crippen MR) is 139 cm³/mol. The van der Waals surface area contributed by atoms with Gasteiger partial charge in [-0.05, 0) is 73.0 Å². The molecule has 0 aliphatic heterocycles. The summed E-state index contributed by atoms with van der Waals surface area (Å²) in [7, 11) is 4.53. The lowest BCUT2D eigenvalue weighted by Crippen LogP contribution is -2.06. The fourth-order valence-electron chi connectivity index (χ4n) is 3.86. The van der Waals surface area contributed by atoms with Gasteiger partial charge in [0.1, 0.15) is 23.3 Å². The Hall–Kier alpha value is -4.72. The molecule has 190 valence electrons. The maximum Gasteiger partial charge on any atom is 0.336 e. The highest BCUT2D eigenvalue weighted by atomic mass is 16.5. The van der Waals surface area contributed by atoms with Crippen molar-refractivity contribution in [3.8, 4) is 34.5 Å². The van der Waals surface area contributed by atoms with Gasteiger partial charge in [-0.15, -0.1) is 0 Å². The van der Waals surface area contributed by atoms with Gasteiger partial charge in [-0.25, -0.2) is 4.79 Å². The monoisotopic (exact) mass is 502 g/mol. The molecule has 0 N–H and O–H groups in total. The standard InChI is InChI=1S/C29H26O8/c1-17-10-18(2)12-21(11-17)36-26-16-35-23-15-20(7-8-22(23)28(26)31)37-27(30)9-6-19-13-24(32-3)29(34-5)25(14-19)33-4/h6-16H,1-5H3/b9-6+. The van der Waals surface area contributed by atoms with Crippen LogP contribution in [-0.2, 0) is 4.79 Å². The molecule has 0 aliphatic carbocycles. The summed E-state index contributed by atoms with van der Waals surface area (Å²) in [4.78, 5) is 25.3. The maximum atomic E-state index is 12.9. The summed E-state index contributed by atoms with van der Waals surface area (Å²) < 4.78 is 32.7. The Bertz CT molecular complexity index is 1500. The third kappa shape index (κ3) is 5.75. The Labute approximate surface area is 213 Å². The van der Waals surface area contributed by atoms with Crippen LogP contribution in [0.1, 0.15) is 16.7 Å². The Morgan fingerprint density at radius 2 is 1.49 bits per heavy atom. The van der Waals surface area contributed by atoms with Crippen molar-refractivity contribution in [2.75, 3.05) is 21.3 Å². The van der Waals surface area contributed by atoms with Crippen LogP contribution in [-0.4, -0.2) is 27.3 Å². The van der Waals surface area contributed by atoms with E-state index in [2.05, 4.69) is 0 Å². The van der Waals surface area contributed by atoms with Crippen molar-refractivity contribution in [1.29, 1.82) is 0 Å². The molecular weight excluding hydrogens is 476 g/mol. The first kappa shape index (κ1) is 25.4. The molecule has 8 heteroatoms. The molecule has 8 nitrogen and oxygen atoms in total. The van der Waals surface area contributed by atoms with E-state index in [0.29, 0.717) is 33.9 Å². The van der Waals surface area contributed by atoms with E-state index in [1.165, 1.54) is 51.9 Å². The Morgan fingerprint density at radius 3 is 2.11 bits per heavy atom. The maximum absolute atomic E-state index is 12.9. The number of aryl methyl sites for hydroxylation is 2. The molecule has 0 bridgehead atoms. The zero-order valence-electron chi connectivity index (χ0n) is 21.1. The number of hydrogen-bond donors (Lipinski definition) is 0. The highest BCUT2D eigenvalue weighted by Gasteiger charge is 2.14. The van der Waals surface area contributed by atoms with Gasteiger partial charge in [-0.2, -0.15) is 0 Å². The van der Waals surface area contributed by atoms with Gasteiger partial charge < -0.3 is 28.1 Å². The molecule has 0 spiro atoms. The molecule has 0 radical (unpaired) electrons. The summed E-state index contributed by atoms with van der Waals surface area (Å²) in [6, 6.07) is 13.6. The van der Waals surface area contributed by atoms with Gasteiger partial charge in [0.15, 0.2) is 11.5 Å². The number of fused-ring (bicyclic) bond motifs is 1. The fraction of sp³-hybridized carbons (Fsp3) is 0.172. The first-order chi connectivity index (χ1) is 17.8. The molecule has 0 aliphatic rings. The average molecular weight is 503 g/mol. The van der Waals surface area contributed by atoms with Gasteiger partial charge in [-0.3, -0.25) is 4.79 Å². The molecule has 0 saturated carbocycles. The second kappa shape index (κ2) is 10.9. The van der Waals surface area contributed by atoms with E-state index in [1.54, 1.807) is 18.2 Å². The second-order valence-electron chi connectivity index (χ2n) is 8.23. The van der Waals surface area contributed by atoms with Crippen LogP contribution in [0, 0.1) is 13.8 Å². The van der Waals surface area contributed by atoms with Crippen molar-refractivity contribution in [3.63, 3.8) is 0 Å². The van der Waals surface area contributed by atoms with Crippen molar-refractivity contribution < 1.29 is 32.9 Å². The van der Waals surface area contributed by atoms with Crippen molar-refractivity contribution in [2.24, 2.45) is 0 Å². The molecular formula is C29H26O8. The minimum absolute atomic E-state index is 0.0653. The molecule has 1 aromatic heterocycles. The van der Waals surface area contributed by atoms with E-state index in [9.17, 15) is 9.59 Å². The zero-order chi connectivity index (χ0) is 26.5. The van der Waals surface area contributed by atoms with E-state index in [-0.39, 0.29) is 22.5 Å². The number of hydrogen-bond acceptors (Lipinski definition) is 8. The number of carbonyl (C=O) groups excluding carboxylic acids is 1. The lowest BCUT2D eigenvalue weighted by molar-refractivity contribution is -0.128. The molecule has 0 amide bonds. The zero-order valence-corrected chi connectivity index (χ0v) is 21.1. The number of carbonyl (C=O) groups is 1. The molecule has 1 heterocycles. The molecule has 4 aromatic rings. The number of rotatable bonds is 8. The van der Waals surface area contributed by atoms with E-state index >= 15 is 0 Å². The quantitative estimate of drug-likeness (QED) is 0.168. The molecule has 0 unspecified atom stereocenters. The van der Waals surface area contributed by atoms with Crippen LogP contribution in [0.4, 0.5) is 0 Å². The largest absolute Gasteiger partial charge is 0.493 e. The van der Waals surface area contributed by atoms with E-state index < -0.39 is 5.97 Å². The minimum Gasteiger partial charge on any atom is -0.493 e. The van der Waals surface area contributed by atoms with Crippen LogP contribution in [0.2, 0.25) is 0 Å². The van der Waals surface area contributed by atoms with Gasteiger partial charge in [0.25, 0.3) is 0 Å². The first-order valence-corrected chi connectivity index (χ1v) is 11.3. The SMILES string of the molecule is COc1cc(/C=C/C(=O)Oc2ccc3c(=O)c(Oc4cc(C)cc(C)c4)coc3c2)cc(OC)c1OC. The Kier molecular flexibility index (Phi) is 7.48. The van der Waals surface area contributed by atoms with Crippen LogP contribution in [0.3, 0.4) is 0 Å². The third-order valence-corrected chi connectivity index (χ3v) is 5.45. The highest BCUT2D eigenvalue weighted by Crippen LogP contribution is 2.38. The van der Waals surface area contributed by atoms with E-state index in [4.69, 9.17) is 28.1 Å². The van der Waals surface area contributed by atoms with Gasteiger partial charge in [0, 0.05) is 12.1 Å². The van der Waals surface area contributed by atoms with Gasteiger partial charge in [-0.1, -0.05) is 6.07 Å². The molecule has 37 heavy (non-hydrogen) atoms. The van der Waals surface area contributed by atoms with E-state index in [0.717, 1.165) is 11.1 Å². The Morgan fingerprint density at radius 1 is 0.811 bits per heavy atom. The molecule has 3 aromatic carbocycles. The minimum atomic E-state index is -0.620. The Balaban J connectivity index is 1.51.